The van der Waals surface area contributed by atoms with Crippen LogP contribution in [0.5, 0.6) is 5.75 Å². The molecule has 4 atom stereocenters. The van der Waals surface area contributed by atoms with E-state index >= 15 is 0 Å². The number of terminal acetylenes is 1. The minimum Gasteiger partial charge on any atom is -0.426 e. The largest absolute Gasteiger partial charge is 0.426 e. The molecule has 3 heterocycles. The topological polar surface area (TPSA) is 112 Å². The molecule has 1 aromatic heterocycles. The first-order valence-electron chi connectivity index (χ1n) is 9.16. The number of fused-ring (bicyclic) bond motifs is 1. The standard InChI is InChI=1S/C19H18BN2O7P/c1-3-12-9-22(18(24)21-17(12)23)15-8-7-14(27-15)19(20,25)29-30-26-10-13-6-4-5-11(2)16(13)28-30/h1,4-6,9,14-15,25H,7-8,10H2,2H3,(H,21,23,24). The molecule has 0 bridgehead atoms. The fraction of sp³-hybridized carbons (Fsp3) is 0.368. The van der Waals surface area contributed by atoms with E-state index in [4.69, 9.17) is 32.6 Å². The number of ether oxygens (including phenoxy) is 1. The van der Waals surface area contributed by atoms with Crippen molar-refractivity contribution >= 4 is 16.4 Å². The van der Waals surface area contributed by atoms with Crippen molar-refractivity contribution in [3.05, 3.63) is 61.9 Å². The second-order valence-corrected chi connectivity index (χ2v) is 8.08. The molecule has 2 aromatic rings. The summed E-state index contributed by atoms with van der Waals surface area (Å²) in [6, 6.07) is 5.66. The molecular weight excluding hydrogens is 410 g/mol. The third-order valence-electron chi connectivity index (χ3n) is 4.90. The first-order valence-corrected chi connectivity index (χ1v) is 10.3. The van der Waals surface area contributed by atoms with Gasteiger partial charge in [0.1, 0.15) is 23.6 Å². The Hall–Kier alpha value is -2.41. The molecule has 0 saturated carbocycles. The summed E-state index contributed by atoms with van der Waals surface area (Å²) in [6.07, 6.45) is 5.39. The van der Waals surface area contributed by atoms with Crippen LogP contribution in [0.3, 0.4) is 0 Å². The van der Waals surface area contributed by atoms with E-state index in [1.165, 1.54) is 6.20 Å². The van der Waals surface area contributed by atoms with Gasteiger partial charge in [-0.1, -0.05) is 24.1 Å². The molecule has 2 aliphatic heterocycles. The summed E-state index contributed by atoms with van der Waals surface area (Å²) < 4.78 is 23.7. The van der Waals surface area contributed by atoms with Crippen LogP contribution in [0.25, 0.3) is 0 Å². The Morgan fingerprint density at radius 3 is 3.00 bits per heavy atom. The molecule has 9 nitrogen and oxygen atoms in total. The van der Waals surface area contributed by atoms with Crippen molar-refractivity contribution in [2.75, 3.05) is 0 Å². The van der Waals surface area contributed by atoms with Crippen LogP contribution >= 0.6 is 8.60 Å². The van der Waals surface area contributed by atoms with Gasteiger partial charge >= 0.3 is 14.3 Å². The van der Waals surface area contributed by atoms with Gasteiger partial charge in [0.05, 0.1) is 6.61 Å². The Balaban J connectivity index is 1.46. The van der Waals surface area contributed by atoms with Crippen molar-refractivity contribution in [2.24, 2.45) is 0 Å². The molecule has 11 heteroatoms. The number of nitrogens with one attached hydrogen (secondary N) is 1. The predicted molar refractivity (Wildman–Crippen MR) is 108 cm³/mol. The van der Waals surface area contributed by atoms with Gasteiger partial charge in [-0.05, 0) is 25.3 Å². The molecule has 0 aliphatic carbocycles. The van der Waals surface area contributed by atoms with Crippen molar-refractivity contribution in [3.63, 3.8) is 0 Å². The maximum absolute atomic E-state index is 12.1. The van der Waals surface area contributed by atoms with E-state index in [1.54, 1.807) is 0 Å². The molecule has 0 amide bonds. The summed E-state index contributed by atoms with van der Waals surface area (Å²) in [5, 5.41) is 10.7. The van der Waals surface area contributed by atoms with E-state index in [-0.39, 0.29) is 18.6 Å². The van der Waals surface area contributed by atoms with E-state index < -0.39 is 37.9 Å². The molecule has 1 aromatic carbocycles. The van der Waals surface area contributed by atoms with E-state index in [9.17, 15) is 14.7 Å². The number of hydrogen-bond acceptors (Lipinski definition) is 7. The van der Waals surface area contributed by atoms with Gasteiger partial charge in [-0.2, -0.15) is 0 Å². The number of H-pyrrole nitrogens is 1. The molecule has 4 unspecified atom stereocenters. The van der Waals surface area contributed by atoms with Crippen LogP contribution in [-0.2, 0) is 20.4 Å². The van der Waals surface area contributed by atoms with Gasteiger partial charge in [0, 0.05) is 11.8 Å². The van der Waals surface area contributed by atoms with Gasteiger partial charge in [0.2, 0.25) is 0 Å². The Kier molecular flexibility index (Phi) is 5.58. The summed E-state index contributed by atoms with van der Waals surface area (Å²) >= 11 is 0. The maximum atomic E-state index is 12.1. The Morgan fingerprint density at radius 2 is 2.23 bits per heavy atom. The van der Waals surface area contributed by atoms with Crippen LogP contribution in [0.2, 0.25) is 0 Å². The van der Waals surface area contributed by atoms with Crippen LogP contribution in [0.4, 0.5) is 0 Å². The molecular formula is C19H18BN2O7P. The van der Waals surface area contributed by atoms with Gasteiger partial charge in [0.25, 0.3) is 5.56 Å². The van der Waals surface area contributed by atoms with Gasteiger partial charge in [-0.15, -0.1) is 6.42 Å². The van der Waals surface area contributed by atoms with Crippen molar-refractivity contribution in [1.29, 1.82) is 0 Å². The average Bonchev–Trinajstić information content (AvgIpc) is 3.19. The Morgan fingerprint density at radius 1 is 1.43 bits per heavy atom. The van der Waals surface area contributed by atoms with Crippen LogP contribution in [0, 0.1) is 19.3 Å². The minimum absolute atomic E-state index is 0.0117. The molecule has 30 heavy (non-hydrogen) atoms. The number of rotatable bonds is 4. The lowest BCUT2D eigenvalue weighted by molar-refractivity contribution is -0.172. The van der Waals surface area contributed by atoms with Crippen molar-refractivity contribution in [2.45, 2.75) is 44.4 Å². The smallest absolute Gasteiger partial charge is 0.399 e. The first-order chi connectivity index (χ1) is 14.3. The first kappa shape index (κ1) is 20.9. The van der Waals surface area contributed by atoms with Gasteiger partial charge in [-0.25, -0.2) is 4.79 Å². The van der Waals surface area contributed by atoms with Crippen LogP contribution in [0.1, 0.15) is 35.8 Å². The summed E-state index contributed by atoms with van der Waals surface area (Å²) in [7, 11) is 3.99. The number of benzene rings is 1. The zero-order valence-corrected chi connectivity index (χ0v) is 16.9. The van der Waals surface area contributed by atoms with Gasteiger partial charge in [-0.3, -0.25) is 23.4 Å². The summed E-state index contributed by atoms with van der Waals surface area (Å²) in [5.41, 5.74) is -1.79. The molecule has 1 saturated heterocycles. The predicted octanol–water partition coefficient (Wildman–Crippen LogP) is 1.17. The van der Waals surface area contributed by atoms with Crippen molar-refractivity contribution in [1.82, 2.24) is 9.55 Å². The minimum atomic E-state index is -2.22. The highest BCUT2D eigenvalue weighted by atomic mass is 31.2. The van der Waals surface area contributed by atoms with E-state index in [2.05, 4.69) is 10.9 Å². The van der Waals surface area contributed by atoms with Crippen molar-refractivity contribution < 1.29 is 23.4 Å². The highest BCUT2D eigenvalue weighted by Crippen LogP contribution is 2.51. The van der Waals surface area contributed by atoms with Crippen molar-refractivity contribution in [3.8, 4) is 18.1 Å². The van der Waals surface area contributed by atoms with E-state index in [0.29, 0.717) is 12.2 Å². The average molecular weight is 428 g/mol. The normalized spacial score (nSPS) is 25.0. The quantitative estimate of drug-likeness (QED) is 0.326. The summed E-state index contributed by atoms with van der Waals surface area (Å²) in [4.78, 5) is 25.9. The maximum Gasteiger partial charge on any atom is 0.399 e. The van der Waals surface area contributed by atoms with Crippen LogP contribution < -0.4 is 15.8 Å². The van der Waals surface area contributed by atoms with Gasteiger partial charge in [0.15, 0.2) is 13.5 Å². The summed E-state index contributed by atoms with van der Waals surface area (Å²) in [5.74, 6) is 2.84. The highest BCUT2D eigenvalue weighted by molar-refractivity contribution is 7.42. The lowest BCUT2D eigenvalue weighted by Crippen LogP contribution is -2.45. The molecule has 2 N–H and O–H groups in total. The number of aliphatic hydroxyl groups is 1. The van der Waals surface area contributed by atoms with Crippen LogP contribution in [-0.4, -0.2) is 34.3 Å². The lowest BCUT2D eigenvalue weighted by Gasteiger charge is -2.34. The number of nitrogens with zero attached hydrogens (tertiary/aromatic N) is 1. The molecule has 0 spiro atoms. The molecule has 154 valence electrons. The second-order valence-electron chi connectivity index (χ2n) is 7.01. The number of aromatic nitrogens is 2. The number of para-hydroxylation sites is 1. The number of hydrogen-bond donors (Lipinski definition) is 2. The third kappa shape index (κ3) is 3.95. The fourth-order valence-corrected chi connectivity index (χ4v) is 4.49. The monoisotopic (exact) mass is 428 g/mol. The zero-order chi connectivity index (χ0) is 21.5. The third-order valence-corrected chi connectivity index (χ3v) is 6.01. The highest BCUT2D eigenvalue weighted by Gasteiger charge is 2.44. The van der Waals surface area contributed by atoms with E-state index in [1.807, 2.05) is 25.1 Å². The molecule has 1 fully saturated rings. The Labute approximate surface area is 174 Å². The molecule has 2 radical (unpaired) electrons. The lowest BCUT2D eigenvalue weighted by atomic mass is 9.88. The van der Waals surface area contributed by atoms with Gasteiger partial charge < -0.3 is 14.4 Å². The second kappa shape index (κ2) is 8.02. The molecule has 2 aliphatic rings. The Bertz CT molecular complexity index is 1120. The zero-order valence-electron chi connectivity index (χ0n) is 16.0. The van der Waals surface area contributed by atoms with Crippen LogP contribution in [0.15, 0.2) is 34.0 Å². The number of aromatic amines is 1. The van der Waals surface area contributed by atoms with E-state index in [0.717, 1.165) is 15.7 Å². The summed E-state index contributed by atoms with van der Waals surface area (Å²) in [6.45, 7) is 2.15. The number of aryl methyl sites for hydroxylation is 1. The molecule has 4 rings (SSSR count). The SMILES string of the molecule is [B]C(O)(OP1OCc2cccc(C)c2O1)C1CCC(n2cc(C#C)c(=O)[nH]c2=O)O1. The fourth-order valence-electron chi connectivity index (χ4n) is 3.33.